The van der Waals surface area contributed by atoms with Crippen LogP contribution in [0.15, 0.2) is 41.3 Å². The van der Waals surface area contributed by atoms with Crippen molar-refractivity contribution in [2.24, 2.45) is 0 Å². The van der Waals surface area contributed by atoms with Crippen LogP contribution in [-0.4, -0.2) is 20.2 Å². The van der Waals surface area contributed by atoms with Gasteiger partial charge in [0.1, 0.15) is 5.82 Å². The Balaban J connectivity index is 2.01. The first kappa shape index (κ1) is 14.8. The highest BCUT2D eigenvalue weighted by molar-refractivity contribution is 6.11. The minimum atomic E-state index is -0.980. The highest BCUT2D eigenvalue weighted by atomic mass is 19.1. The molecule has 128 valence electrons. The van der Waals surface area contributed by atoms with E-state index < -0.39 is 17.1 Å². The molecule has 26 heavy (non-hydrogen) atoms. The fourth-order valence-corrected chi connectivity index (χ4v) is 3.49. The van der Waals surface area contributed by atoms with E-state index in [2.05, 4.69) is 20.2 Å². The van der Waals surface area contributed by atoms with Gasteiger partial charge in [-0.2, -0.15) is 0 Å². The number of aryl methyl sites for hydroxylation is 1. The molecule has 0 atom stereocenters. The van der Waals surface area contributed by atoms with Crippen LogP contribution >= 0.6 is 0 Å². The SMILES string of the molecule is Cc1[nH][nH]c2nc(-c3ccc4cc[nH]c4c3)c3c(F)cc(=O)c(F)c3c12. The summed E-state index contributed by atoms with van der Waals surface area (Å²) in [6, 6.07) is 8.09. The lowest BCUT2D eigenvalue weighted by atomic mass is 9.99. The van der Waals surface area contributed by atoms with Crippen LogP contribution in [0, 0.1) is 18.6 Å². The number of nitrogens with zero attached hydrogens (tertiary/aromatic N) is 1. The molecule has 7 heteroatoms. The molecule has 0 radical (unpaired) electrons. The van der Waals surface area contributed by atoms with Gasteiger partial charge in [0.05, 0.1) is 11.1 Å². The third kappa shape index (κ3) is 1.88. The molecule has 0 amide bonds. The highest BCUT2D eigenvalue weighted by Gasteiger charge is 2.21. The van der Waals surface area contributed by atoms with Gasteiger partial charge in [0.2, 0.25) is 5.43 Å². The molecule has 0 spiro atoms. The fourth-order valence-electron chi connectivity index (χ4n) is 3.49. The number of aromatic amines is 3. The zero-order valence-corrected chi connectivity index (χ0v) is 13.6. The Kier molecular flexibility index (Phi) is 2.86. The van der Waals surface area contributed by atoms with Gasteiger partial charge < -0.3 is 10.1 Å². The maximum absolute atomic E-state index is 14.8. The Hall–Kier alpha value is -3.48. The lowest BCUT2D eigenvalue weighted by Crippen LogP contribution is -2.08. The standard InChI is InChI=1S/C19H12F2N4O/c1-8-14-16-15(11(20)7-13(26)17(16)21)18(23-19(14)25-24-8)10-3-2-9-4-5-22-12(9)6-10/h2-7,22H,1H3,(H2,23,24,25). The predicted molar refractivity (Wildman–Crippen MR) is 96.2 cm³/mol. The van der Waals surface area contributed by atoms with Crippen molar-refractivity contribution in [2.45, 2.75) is 6.92 Å². The third-order valence-electron chi connectivity index (χ3n) is 4.70. The molecular weight excluding hydrogens is 338 g/mol. The van der Waals surface area contributed by atoms with E-state index in [-0.39, 0.29) is 16.5 Å². The number of rotatable bonds is 1. The van der Waals surface area contributed by atoms with E-state index in [0.29, 0.717) is 28.4 Å². The fraction of sp³-hybridized carbons (Fsp3) is 0.0526. The van der Waals surface area contributed by atoms with Gasteiger partial charge in [0.15, 0.2) is 11.5 Å². The lowest BCUT2D eigenvalue weighted by molar-refractivity contribution is 0.609. The van der Waals surface area contributed by atoms with Gasteiger partial charge in [-0.05, 0) is 24.4 Å². The maximum atomic E-state index is 14.8. The quantitative estimate of drug-likeness (QED) is 0.425. The largest absolute Gasteiger partial charge is 0.361 e. The van der Waals surface area contributed by atoms with Gasteiger partial charge in [-0.25, -0.2) is 13.8 Å². The van der Waals surface area contributed by atoms with Gasteiger partial charge >= 0.3 is 0 Å². The van der Waals surface area contributed by atoms with Gasteiger partial charge in [-0.3, -0.25) is 9.89 Å². The van der Waals surface area contributed by atoms with E-state index in [9.17, 15) is 13.6 Å². The first-order valence-electron chi connectivity index (χ1n) is 8.01. The number of H-pyrrole nitrogens is 3. The predicted octanol–water partition coefficient (Wildman–Crippen LogP) is 4.14. The van der Waals surface area contributed by atoms with Crippen LogP contribution in [-0.2, 0) is 0 Å². The Morgan fingerprint density at radius 3 is 2.69 bits per heavy atom. The van der Waals surface area contributed by atoms with Crippen LogP contribution in [0.3, 0.4) is 0 Å². The van der Waals surface area contributed by atoms with Crippen LogP contribution < -0.4 is 5.43 Å². The Bertz CT molecular complexity index is 1390. The van der Waals surface area contributed by atoms with Crippen molar-refractivity contribution in [3.8, 4) is 11.3 Å². The van der Waals surface area contributed by atoms with Crippen LogP contribution in [0.5, 0.6) is 0 Å². The minimum Gasteiger partial charge on any atom is -0.361 e. The van der Waals surface area contributed by atoms with E-state index in [1.165, 1.54) is 0 Å². The highest BCUT2D eigenvalue weighted by Crippen LogP contribution is 2.35. The molecule has 0 bridgehead atoms. The average molecular weight is 350 g/mol. The Labute approximate surface area is 144 Å². The number of pyridine rings is 1. The van der Waals surface area contributed by atoms with Crippen molar-refractivity contribution in [1.82, 2.24) is 20.2 Å². The summed E-state index contributed by atoms with van der Waals surface area (Å²) >= 11 is 0. The molecule has 5 rings (SSSR count). The number of hydrogen-bond donors (Lipinski definition) is 3. The third-order valence-corrected chi connectivity index (χ3v) is 4.70. The molecule has 0 aliphatic rings. The number of nitrogens with one attached hydrogen (secondary N) is 3. The lowest BCUT2D eigenvalue weighted by Gasteiger charge is -2.09. The van der Waals surface area contributed by atoms with E-state index in [0.717, 1.165) is 10.9 Å². The van der Waals surface area contributed by atoms with Gasteiger partial charge in [-0.1, -0.05) is 12.1 Å². The number of halogens is 2. The molecule has 0 saturated carbocycles. The molecule has 0 aliphatic carbocycles. The van der Waals surface area contributed by atoms with E-state index >= 15 is 0 Å². The van der Waals surface area contributed by atoms with Crippen molar-refractivity contribution in [2.75, 3.05) is 0 Å². The van der Waals surface area contributed by atoms with Crippen molar-refractivity contribution in [3.05, 3.63) is 64.1 Å². The maximum Gasteiger partial charge on any atom is 0.217 e. The summed E-state index contributed by atoms with van der Waals surface area (Å²) in [5.41, 5.74) is 1.71. The molecule has 5 aromatic rings. The zero-order valence-electron chi connectivity index (χ0n) is 13.6. The van der Waals surface area contributed by atoms with Crippen molar-refractivity contribution < 1.29 is 8.78 Å². The van der Waals surface area contributed by atoms with Crippen LogP contribution in [0.2, 0.25) is 0 Å². The molecule has 0 saturated heterocycles. The first-order valence-corrected chi connectivity index (χ1v) is 8.01. The van der Waals surface area contributed by atoms with Crippen molar-refractivity contribution >= 4 is 32.7 Å². The zero-order chi connectivity index (χ0) is 18.0. The monoisotopic (exact) mass is 350 g/mol. The van der Waals surface area contributed by atoms with E-state index in [1.54, 1.807) is 19.2 Å². The molecule has 2 aromatic carbocycles. The molecular formula is C19H12F2N4O. The summed E-state index contributed by atoms with van der Waals surface area (Å²) in [6.07, 6.45) is 1.80. The summed E-state index contributed by atoms with van der Waals surface area (Å²) in [5.74, 6) is -1.77. The topological polar surface area (TPSA) is 77.3 Å². The molecule has 5 nitrogen and oxygen atoms in total. The van der Waals surface area contributed by atoms with Crippen LogP contribution in [0.25, 0.3) is 44.0 Å². The normalized spacial score (nSPS) is 11.8. The molecule has 3 N–H and O–H groups in total. The number of fused-ring (bicyclic) bond motifs is 4. The number of hydrogen-bond acceptors (Lipinski definition) is 2. The Morgan fingerprint density at radius 1 is 1.00 bits per heavy atom. The summed E-state index contributed by atoms with van der Waals surface area (Å²) < 4.78 is 29.5. The number of aromatic nitrogens is 4. The number of benzene rings is 2. The second kappa shape index (κ2) is 5.01. The molecule has 0 unspecified atom stereocenters. The van der Waals surface area contributed by atoms with Crippen LogP contribution in [0.4, 0.5) is 8.78 Å². The van der Waals surface area contributed by atoms with Crippen molar-refractivity contribution in [1.29, 1.82) is 0 Å². The molecule has 0 aliphatic heterocycles. The van der Waals surface area contributed by atoms with Gasteiger partial charge in [0, 0.05) is 39.8 Å². The average Bonchev–Trinajstić information content (AvgIpc) is 3.24. The second-order valence-corrected chi connectivity index (χ2v) is 6.26. The molecule has 3 heterocycles. The molecule has 3 aromatic heterocycles. The Morgan fingerprint density at radius 2 is 1.85 bits per heavy atom. The smallest absolute Gasteiger partial charge is 0.217 e. The van der Waals surface area contributed by atoms with Gasteiger partial charge in [0.25, 0.3) is 0 Å². The minimum absolute atomic E-state index is 0.00314. The van der Waals surface area contributed by atoms with Gasteiger partial charge in [-0.15, -0.1) is 0 Å². The van der Waals surface area contributed by atoms with E-state index in [1.807, 2.05) is 18.2 Å². The summed E-state index contributed by atoms with van der Waals surface area (Å²) in [6.45, 7) is 1.71. The summed E-state index contributed by atoms with van der Waals surface area (Å²) in [7, 11) is 0. The second-order valence-electron chi connectivity index (χ2n) is 6.26. The first-order chi connectivity index (χ1) is 12.5. The van der Waals surface area contributed by atoms with E-state index in [4.69, 9.17) is 0 Å². The summed E-state index contributed by atoms with van der Waals surface area (Å²) in [5, 5.41) is 7.02. The summed E-state index contributed by atoms with van der Waals surface area (Å²) in [4.78, 5) is 19.5. The van der Waals surface area contributed by atoms with Crippen LogP contribution in [0.1, 0.15) is 5.69 Å². The van der Waals surface area contributed by atoms with Crippen molar-refractivity contribution in [3.63, 3.8) is 0 Å². The molecule has 0 fully saturated rings.